The summed E-state index contributed by atoms with van der Waals surface area (Å²) in [7, 11) is 0. The summed E-state index contributed by atoms with van der Waals surface area (Å²) < 4.78 is 1.86. The first-order valence-electron chi connectivity index (χ1n) is 9.04. The minimum atomic E-state index is -0.268. The molecule has 1 aliphatic heterocycles. The van der Waals surface area contributed by atoms with Crippen molar-refractivity contribution in [3.05, 3.63) is 70.5 Å². The number of rotatable bonds is 3. The molecule has 0 amide bonds. The second-order valence-electron chi connectivity index (χ2n) is 7.80. The highest BCUT2D eigenvalue weighted by Crippen LogP contribution is 2.39. The Morgan fingerprint density at radius 1 is 1.14 bits per heavy atom. The molecule has 1 aliphatic rings. The van der Waals surface area contributed by atoms with Crippen LogP contribution in [0.5, 0.6) is 0 Å². The second kappa shape index (κ2) is 7.14. The molecule has 1 atom stereocenters. The molecule has 1 N–H and O–H groups in total. The van der Waals surface area contributed by atoms with E-state index < -0.39 is 0 Å². The van der Waals surface area contributed by atoms with E-state index in [4.69, 9.17) is 23.8 Å². The number of anilines is 1. The Morgan fingerprint density at radius 3 is 2.61 bits per heavy atom. The van der Waals surface area contributed by atoms with Gasteiger partial charge in [0.25, 0.3) is 0 Å². The number of nitrogens with one attached hydrogen (secondary N) is 1. The summed E-state index contributed by atoms with van der Waals surface area (Å²) in [4.78, 5) is 2.12. The summed E-state index contributed by atoms with van der Waals surface area (Å²) >= 11 is 12.0. The number of thiocarbonyl (C=S) groups is 1. The van der Waals surface area contributed by atoms with Gasteiger partial charge in [-0.3, -0.25) is 0 Å². The SMILES string of the molecule is CC(C)(C)n1nnnc1C1c2ccc(Cl)cc2NC(=S)N1Cc1ccccc1. The monoisotopic (exact) mass is 412 g/mol. The van der Waals surface area contributed by atoms with Crippen molar-refractivity contribution in [3.63, 3.8) is 0 Å². The molecule has 144 valence electrons. The van der Waals surface area contributed by atoms with Gasteiger partial charge in [-0.1, -0.05) is 48.0 Å². The molecule has 0 aliphatic carbocycles. The molecule has 0 fully saturated rings. The zero-order valence-electron chi connectivity index (χ0n) is 15.9. The van der Waals surface area contributed by atoms with Gasteiger partial charge in [-0.05, 0) is 61.1 Å². The van der Waals surface area contributed by atoms with E-state index in [0.717, 1.165) is 22.6 Å². The normalized spacial score (nSPS) is 16.6. The van der Waals surface area contributed by atoms with Crippen LogP contribution in [0.15, 0.2) is 48.5 Å². The van der Waals surface area contributed by atoms with Crippen LogP contribution in [0, 0.1) is 0 Å². The Bertz CT molecular complexity index is 1010. The summed E-state index contributed by atoms with van der Waals surface area (Å²) in [5.74, 6) is 0.746. The molecule has 4 rings (SSSR count). The zero-order chi connectivity index (χ0) is 19.9. The first kappa shape index (κ1) is 18.8. The maximum absolute atomic E-state index is 6.22. The van der Waals surface area contributed by atoms with E-state index in [1.165, 1.54) is 0 Å². The van der Waals surface area contributed by atoms with E-state index in [1.54, 1.807) is 0 Å². The number of halogens is 1. The van der Waals surface area contributed by atoms with Gasteiger partial charge < -0.3 is 10.2 Å². The summed E-state index contributed by atoms with van der Waals surface area (Å²) in [6, 6.07) is 15.8. The van der Waals surface area contributed by atoms with Crippen molar-refractivity contribution >= 4 is 34.6 Å². The fraction of sp³-hybridized carbons (Fsp3) is 0.300. The molecule has 3 aromatic rings. The van der Waals surface area contributed by atoms with Crippen LogP contribution in [0.3, 0.4) is 0 Å². The van der Waals surface area contributed by atoms with Crippen molar-refractivity contribution in [2.45, 2.75) is 38.9 Å². The lowest BCUT2D eigenvalue weighted by molar-refractivity contribution is 0.281. The van der Waals surface area contributed by atoms with Gasteiger partial charge in [0.15, 0.2) is 10.9 Å². The maximum Gasteiger partial charge on any atom is 0.179 e. The Labute approximate surface area is 174 Å². The molecule has 28 heavy (non-hydrogen) atoms. The number of benzene rings is 2. The van der Waals surface area contributed by atoms with Gasteiger partial charge >= 0.3 is 0 Å². The van der Waals surface area contributed by atoms with Crippen LogP contribution in [0.2, 0.25) is 5.02 Å². The lowest BCUT2D eigenvalue weighted by Crippen LogP contribution is -2.44. The molecule has 0 radical (unpaired) electrons. The quantitative estimate of drug-likeness (QED) is 0.644. The lowest BCUT2D eigenvalue weighted by atomic mass is 9.98. The molecular weight excluding hydrogens is 392 g/mol. The largest absolute Gasteiger partial charge is 0.332 e. The van der Waals surface area contributed by atoms with E-state index in [9.17, 15) is 0 Å². The van der Waals surface area contributed by atoms with Crippen molar-refractivity contribution in [1.82, 2.24) is 25.1 Å². The minimum Gasteiger partial charge on any atom is -0.332 e. The molecule has 0 spiro atoms. The van der Waals surface area contributed by atoms with Gasteiger partial charge in [-0.25, -0.2) is 4.68 Å². The van der Waals surface area contributed by atoms with Crippen LogP contribution in [0.1, 0.15) is 43.8 Å². The maximum atomic E-state index is 6.22. The van der Waals surface area contributed by atoms with Crippen LogP contribution in [-0.2, 0) is 12.1 Å². The Morgan fingerprint density at radius 2 is 1.89 bits per heavy atom. The number of tetrazole rings is 1. The molecule has 8 heteroatoms. The van der Waals surface area contributed by atoms with Crippen molar-refractivity contribution in [1.29, 1.82) is 0 Å². The number of fused-ring (bicyclic) bond motifs is 1. The Kier molecular flexibility index (Phi) is 4.81. The lowest BCUT2D eigenvalue weighted by Gasteiger charge is -2.39. The molecule has 2 heterocycles. The molecule has 0 bridgehead atoms. The van der Waals surface area contributed by atoms with Gasteiger partial charge in [0.2, 0.25) is 0 Å². The fourth-order valence-electron chi connectivity index (χ4n) is 3.41. The number of aromatic nitrogens is 4. The molecule has 2 aromatic carbocycles. The molecule has 6 nitrogen and oxygen atoms in total. The third-order valence-electron chi connectivity index (χ3n) is 4.69. The van der Waals surface area contributed by atoms with Crippen molar-refractivity contribution < 1.29 is 0 Å². The smallest absolute Gasteiger partial charge is 0.179 e. The zero-order valence-corrected chi connectivity index (χ0v) is 17.5. The highest BCUT2D eigenvalue weighted by atomic mass is 35.5. The van der Waals surface area contributed by atoms with E-state index >= 15 is 0 Å². The van der Waals surface area contributed by atoms with Crippen LogP contribution < -0.4 is 5.32 Å². The number of hydrogen-bond donors (Lipinski definition) is 1. The summed E-state index contributed by atoms with van der Waals surface area (Å²) in [6.45, 7) is 6.88. The predicted octanol–water partition coefficient (Wildman–Crippen LogP) is 4.38. The summed E-state index contributed by atoms with van der Waals surface area (Å²) in [6.07, 6.45) is 0. The van der Waals surface area contributed by atoms with Crippen LogP contribution in [0.4, 0.5) is 5.69 Å². The molecule has 1 aromatic heterocycles. The van der Waals surface area contributed by atoms with Gasteiger partial charge in [0.05, 0.1) is 5.54 Å². The van der Waals surface area contributed by atoms with Gasteiger partial charge in [-0.2, -0.15) is 0 Å². The molecule has 0 saturated heterocycles. The Hall–Kier alpha value is -2.51. The minimum absolute atomic E-state index is 0.226. The van der Waals surface area contributed by atoms with E-state index in [-0.39, 0.29) is 11.6 Å². The molecule has 0 saturated carbocycles. The van der Waals surface area contributed by atoms with Crippen molar-refractivity contribution in [2.75, 3.05) is 5.32 Å². The first-order valence-corrected chi connectivity index (χ1v) is 9.83. The fourth-order valence-corrected chi connectivity index (χ4v) is 3.86. The molecule has 1 unspecified atom stereocenters. The summed E-state index contributed by atoms with van der Waals surface area (Å²) in [5, 5.41) is 17.2. The molecular formula is C20H21ClN6S. The summed E-state index contributed by atoms with van der Waals surface area (Å²) in [5.41, 5.74) is 2.81. The van der Waals surface area contributed by atoms with Crippen molar-refractivity contribution in [3.8, 4) is 0 Å². The number of hydrogen-bond acceptors (Lipinski definition) is 4. The average Bonchev–Trinajstić information content (AvgIpc) is 3.13. The average molecular weight is 413 g/mol. The standard InChI is InChI=1S/C20H21ClN6S/c1-20(2,3)27-18(23-24-25-27)17-15-10-9-14(21)11-16(15)22-19(28)26(17)12-13-7-5-4-6-8-13/h4-11,17H,12H2,1-3H3,(H,22,28). The van der Waals surface area contributed by atoms with Gasteiger partial charge in [0, 0.05) is 22.8 Å². The van der Waals surface area contributed by atoms with Crippen LogP contribution in [-0.4, -0.2) is 30.2 Å². The highest BCUT2D eigenvalue weighted by molar-refractivity contribution is 7.80. The second-order valence-corrected chi connectivity index (χ2v) is 8.62. The van der Waals surface area contributed by atoms with E-state index in [2.05, 4.69) is 58.6 Å². The first-order chi connectivity index (χ1) is 13.3. The topological polar surface area (TPSA) is 58.9 Å². The van der Waals surface area contributed by atoms with Crippen molar-refractivity contribution in [2.24, 2.45) is 0 Å². The Balaban J connectivity index is 1.86. The van der Waals surface area contributed by atoms with Gasteiger partial charge in [-0.15, -0.1) is 5.10 Å². The van der Waals surface area contributed by atoms with E-state index in [1.807, 2.05) is 41.1 Å². The third kappa shape index (κ3) is 3.47. The van der Waals surface area contributed by atoms with Gasteiger partial charge in [0.1, 0.15) is 6.04 Å². The third-order valence-corrected chi connectivity index (χ3v) is 5.27. The number of nitrogens with zero attached hydrogens (tertiary/aromatic N) is 5. The van der Waals surface area contributed by atoms with Crippen LogP contribution in [0.25, 0.3) is 0 Å². The van der Waals surface area contributed by atoms with E-state index in [0.29, 0.717) is 16.7 Å². The predicted molar refractivity (Wildman–Crippen MR) is 114 cm³/mol. The highest BCUT2D eigenvalue weighted by Gasteiger charge is 2.37. The van der Waals surface area contributed by atoms with Crippen LogP contribution >= 0.6 is 23.8 Å².